The molecule has 0 spiro atoms. The number of hydrogen-bond donors (Lipinski definition) is 2. The molecule has 8 heteroatoms. The van der Waals surface area contributed by atoms with Crippen molar-refractivity contribution in [1.29, 1.82) is 0 Å². The zero-order valence-electron chi connectivity index (χ0n) is 16.6. The summed E-state index contributed by atoms with van der Waals surface area (Å²) in [6, 6.07) is 11.0. The summed E-state index contributed by atoms with van der Waals surface area (Å²) in [5, 5.41) is 11.3. The molecule has 0 atom stereocenters. The number of hydrogen-bond acceptors (Lipinski definition) is 4. The van der Waals surface area contributed by atoms with E-state index in [1.54, 1.807) is 27.9 Å². The molecule has 2 N–H and O–H groups in total. The third kappa shape index (κ3) is 4.06. The van der Waals surface area contributed by atoms with Gasteiger partial charge in [-0.15, -0.1) is 0 Å². The first kappa shape index (κ1) is 18.9. The molecule has 3 aromatic rings. The molecule has 3 heterocycles. The van der Waals surface area contributed by atoms with E-state index in [-0.39, 0.29) is 18.0 Å². The summed E-state index contributed by atoms with van der Waals surface area (Å²) in [5.74, 6) is -0.0697. The summed E-state index contributed by atoms with van der Waals surface area (Å²) in [6.45, 7) is 3.10. The SMILES string of the molecule is Cc1nn(C)c2ncc(NC(=O)N3CCC(NC(=O)c4ccccc4)CC3)cc12. The van der Waals surface area contributed by atoms with Crippen LogP contribution in [0.5, 0.6) is 0 Å². The first-order valence-electron chi connectivity index (χ1n) is 9.72. The molecule has 8 nitrogen and oxygen atoms in total. The number of benzene rings is 1. The van der Waals surface area contributed by atoms with E-state index in [0.29, 0.717) is 24.3 Å². The second-order valence-corrected chi connectivity index (χ2v) is 7.34. The molecule has 3 amide bonds. The van der Waals surface area contributed by atoms with Gasteiger partial charge in [0.25, 0.3) is 5.91 Å². The number of carbonyl (C=O) groups is 2. The summed E-state index contributed by atoms with van der Waals surface area (Å²) in [5.41, 5.74) is 2.97. The Hall–Kier alpha value is -3.42. The number of aryl methyl sites for hydroxylation is 2. The number of nitrogens with one attached hydrogen (secondary N) is 2. The molecule has 1 aliphatic heterocycles. The van der Waals surface area contributed by atoms with Crippen molar-refractivity contribution in [2.45, 2.75) is 25.8 Å². The maximum absolute atomic E-state index is 12.6. The van der Waals surface area contributed by atoms with Gasteiger partial charge in [-0.1, -0.05) is 18.2 Å². The van der Waals surface area contributed by atoms with Crippen LogP contribution in [-0.4, -0.2) is 50.7 Å². The predicted molar refractivity (Wildman–Crippen MR) is 111 cm³/mol. The molecule has 1 aromatic carbocycles. The van der Waals surface area contributed by atoms with Crippen LogP contribution in [0.15, 0.2) is 42.6 Å². The number of nitrogens with zero attached hydrogens (tertiary/aromatic N) is 4. The maximum atomic E-state index is 12.6. The zero-order chi connectivity index (χ0) is 20.4. The lowest BCUT2D eigenvalue weighted by Gasteiger charge is -2.32. The van der Waals surface area contributed by atoms with Gasteiger partial charge in [0.1, 0.15) is 0 Å². The van der Waals surface area contributed by atoms with Crippen LogP contribution in [0, 0.1) is 6.92 Å². The number of carbonyl (C=O) groups excluding carboxylic acids is 2. The molecule has 0 unspecified atom stereocenters. The molecular formula is C21H24N6O2. The van der Waals surface area contributed by atoms with Crippen molar-refractivity contribution in [3.63, 3.8) is 0 Å². The van der Waals surface area contributed by atoms with E-state index in [0.717, 1.165) is 29.6 Å². The zero-order valence-corrected chi connectivity index (χ0v) is 16.6. The van der Waals surface area contributed by atoms with E-state index < -0.39 is 0 Å². The fourth-order valence-electron chi connectivity index (χ4n) is 3.66. The Labute approximate surface area is 168 Å². The van der Waals surface area contributed by atoms with E-state index in [4.69, 9.17) is 0 Å². The van der Waals surface area contributed by atoms with Crippen molar-refractivity contribution >= 4 is 28.7 Å². The van der Waals surface area contributed by atoms with Crippen molar-refractivity contribution in [2.24, 2.45) is 7.05 Å². The topological polar surface area (TPSA) is 92.2 Å². The van der Waals surface area contributed by atoms with Gasteiger partial charge in [0.2, 0.25) is 0 Å². The van der Waals surface area contributed by atoms with Crippen molar-refractivity contribution < 1.29 is 9.59 Å². The second-order valence-electron chi connectivity index (χ2n) is 7.34. The molecular weight excluding hydrogens is 368 g/mol. The Bertz CT molecular complexity index is 1040. The summed E-state index contributed by atoms with van der Waals surface area (Å²) in [7, 11) is 1.85. The molecule has 0 saturated carbocycles. The Morgan fingerprint density at radius 2 is 1.86 bits per heavy atom. The van der Waals surface area contributed by atoms with E-state index in [1.807, 2.05) is 38.2 Å². The molecule has 1 fully saturated rings. The third-order valence-corrected chi connectivity index (χ3v) is 5.27. The lowest BCUT2D eigenvalue weighted by atomic mass is 10.0. The van der Waals surface area contributed by atoms with Gasteiger partial charge in [-0.05, 0) is 38.0 Å². The number of pyridine rings is 1. The average molecular weight is 392 g/mol. The van der Waals surface area contributed by atoms with Gasteiger partial charge in [-0.25, -0.2) is 9.78 Å². The number of piperidine rings is 1. The van der Waals surface area contributed by atoms with Gasteiger partial charge < -0.3 is 15.5 Å². The molecule has 1 saturated heterocycles. The molecule has 4 rings (SSSR count). The van der Waals surface area contributed by atoms with Crippen molar-refractivity contribution in [2.75, 3.05) is 18.4 Å². The van der Waals surface area contributed by atoms with Crippen LogP contribution >= 0.6 is 0 Å². The third-order valence-electron chi connectivity index (χ3n) is 5.27. The number of aromatic nitrogens is 3. The predicted octanol–water partition coefficient (Wildman–Crippen LogP) is 2.70. The van der Waals surface area contributed by atoms with Crippen LogP contribution in [0.25, 0.3) is 11.0 Å². The standard InChI is InChI=1S/C21H24N6O2/c1-14-18-12-17(13-22-19(18)26(2)25-14)24-21(29)27-10-8-16(9-11-27)23-20(28)15-6-4-3-5-7-15/h3-7,12-13,16H,8-11H2,1-2H3,(H,23,28)(H,24,29). The van der Waals surface area contributed by atoms with E-state index in [1.165, 1.54) is 0 Å². The summed E-state index contributed by atoms with van der Waals surface area (Å²) in [6.07, 6.45) is 3.10. The fraction of sp³-hybridized carbons (Fsp3) is 0.333. The van der Waals surface area contributed by atoms with Gasteiger partial charge in [0.05, 0.1) is 17.6 Å². The molecule has 150 valence electrons. The molecule has 29 heavy (non-hydrogen) atoms. The van der Waals surface area contributed by atoms with Gasteiger partial charge in [0, 0.05) is 37.1 Å². The van der Waals surface area contributed by atoms with Crippen LogP contribution in [0.3, 0.4) is 0 Å². The largest absolute Gasteiger partial charge is 0.349 e. The first-order chi connectivity index (χ1) is 14.0. The van der Waals surface area contributed by atoms with E-state index >= 15 is 0 Å². The fourth-order valence-corrected chi connectivity index (χ4v) is 3.66. The van der Waals surface area contributed by atoms with Crippen LogP contribution in [-0.2, 0) is 7.05 Å². The highest BCUT2D eigenvalue weighted by atomic mass is 16.2. The molecule has 2 aromatic heterocycles. The Balaban J connectivity index is 1.32. The van der Waals surface area contributed by atoms with Gasteiger partial charge >= 0.3 is 6.03 Å². The Morgan fingerprint density at radius 1 is 1.14 bits per heavy atom. The molecule has 0 aliphatic carbocycles. The normalized spacial score (nSPS) is 14.8. The Kier molecular flexibility index (Phi) is 5.16. The Morgan fingerprint density at radius 3 is 2.59 bits per heavy atom. The van der Waals surface area contributed by atoms with Crippen LogP contribution in [0.1, 0.15) is 28.9 Å². The quantitative estimate of drug-likeness (QED) is 0.717. The molecule has 0 bridgehead atoms. The van der Waals surface area contributed by atoms with Gasteiger partial charge in [-0.2, -0.15) is 5.10 Å². The van der Waals surface area contributed by atoms with E-state index in [9.17, 15) is 9.59 Å². The van der Waals surface area contributed by atoms with Crippen LogP contribution in [0.4, 0.5) is 10.5 Å². The second kappa shape index (κ2) is 7.90. The van der Waals surface area contributed by atoms with Crippen molar-refractivity contribution in [3.8, 4) is 0 Å². The van der Waals surface area contributed by atoms with Crippen LogP contribution < -0.4 is 10.6 Å². The lowest BCUT2D eigenvalue weighted by molar-refractivity contribution is 0.0919. The highest BCUT2D eigenvalue weighted by Gasteiger charge is 2.24. The maximum Gasteiger partial charge on any atom is 0.321 e. The monoisotopic (exact) mass is 392 g/mol. The minimum absolute atomic E-state index is 0.0697. The summed E-state index contributed by atoms with van der Waals surface area (Å²) < 4.78 is 1.73. The minimum atomic E-state index is -0.152. The number of fused-ring (bicyclic) bond motifs is 1. The number of urea groups is 1. The first-order valence-corrected chi connectivity index (χ1v) is 9.72. The lowest BCUT2D eigenvalue weighted by Crippen LogP contribution is -2.47. The minimum Gasteiger partial charge on any atom is -0.349 e. The number of rotatable bonds is 3. The average Bonchev–Trinajstić information content (AvgIpc) is 3.02. The summed E-state index contributed by atoms with van der Waals surface area (Å²) in [4.78, 5) is 31.1. The number of likely N-dealkylation sites (tertiary alicyclic amines) is 1. The molecule has 0 radical (unpaired) electrons. The molecule has 1 aliphatic rings. The highest BCUT2D eigenvalue weighted by Crippen LogP contribution is 2.20. The van der Waals surface area contributed by atoms with Crippen molar-refractivity contribution in [1.82, 2.24) is 25.0 Å². The van der Waals surface area contributed by atoms with Gasteiger partial charge in [-0.3, -0.25) is 9.48 Å². The van der Waals surface area contributed by atoms with Crippen LogP contribution in [0.2, 0.25) is 0 Å². The number of amides is 3. The van der Waals surface area contributed by atoms with E-state index in [2.05, 4.69) is 20.7 Å². The summed E-state index contributed by atoms with van der Waals surface area (Å²) >= 11 is 0. The van der Waals surface area contributed by atoms with Gasteiger partial charge in [0.15, 0.2) is 5.65 Å². The highest BCUT2D eigenvalue weighted by molar-refractivity contribution is 5.94. The smallest absolute Gasteiger partial charge is 0.321 e. The van der Waals surface area contributed by atoms with Crippen molar-refractivity contribution in [3.05, 3.63) is 53.9 Å². The number of anilines is 1.